The van der Waals surface area contributed by atoms with Gasteiger partial charge in [0, 0.05) is 37.2 Å². The first kappa shape index (κ1) is 14.3. The first-order valence-corrected chi connectivity index (χ1v) is 7.91. The van der Waals surface area contributed by atoms with E-state index in [-0.39, 0.29) is 5.91 Å². The molecule has 6 nitrogen and oxygen atoms in total. The Morgan fingerprint density at radius 3 is 3.05 bits per heavy atom. The molecule has 0 atom stereocenters. The zero-order chi connectivity index (χ0) is 15.0. The molecule has 0 bridgehead atoms. The predicted molar refractivity (Wildman–Crippen MR) is 81.9 cm³/mol. The Morgan fingerprint density at radius 1 is 1.48 bits per heavy atom. The maximum atomic E-state index is 12.6. The van der Waals surface area contributed by atoms with Crippen molar-refractivity contribution in [2.75, 3.05) is 7.05 Å². The number of hydrogen-bond acceptors (Lipinski definition) is 3. The highest BCUT2D eigenvalue weighted by atomic mass is 79.9. The Kier molecular flexibility index (Phi) is 3.84. The molecule has 7 heteroatoms. The fraction of sp³-hybridized carbons (Fsp3) is 0.500. The lowest BCUT2D eigenvalue weighted by Crippen LogP contribution is -2.29. The zero-order valence-corrected chi connectivity index (χ0v) is 13.8. The van der Waals surface area contributed by atoms with Crippen LogP contribution in [0.4, 0.5) is 0 Å². The lowest BCUT2D eigenvalue weighted by atomic mass is 10.3. The molecule has 0 saturated heterocycles. The third-order valence-corrected chi connectivity index (χ3v) is 4.27. The molecular formula is C14H18BrN5O. The number of nitrogens with zero attached hydrogens (tertiary/aromatic N) is 5. The standard InChI is InChI=1S/C14H18BrN5O/c1-3-19-8-10(15)7-11(19)14(21)18(2)9-13-17-16-12-5-4-6-20(12)13/h7-8H,3-6,9H2,1-2H3. The minimum absolute atomic E-state index is 0.00195. The summed E-state index contributed by atoms with van der Waals surface area (Å²) >= 11 is 3.42. The minimum atomic E-state index is -0.00195. The molecule has 2 aromatic heterocycles. The van der Waals surface area contributed by atoms with E-state index < -0.39 is 0 Å². The Balaban J connectivity index is 1.78. The normalized spacial score (nSPS) is 13.5. The summed E-state index contributed by atoms with van der Waals surface area (Å²) in [5.74, 6) is 1.90. The Bertz CT molecular complexity index is 675. The van der Waals surface area contributed by atoms with Gasteiger partial charge in [0.15, 0.2) is 5.82 Å². The minimum Gasteiger partial charge on any atom is -0.343 e. The van der Waals surface area contributed by atoms with Gasteiger partial charge in [-0.15, -0.1) is 10.2 Å². The molecular weight excluding hydrogens is 334 g/mol. The van der Waals surface area contributed by atoms with Gasteiger partial charge in [0.1, 0.15) is 11.5 Å². The van der Waals surface area contributed by atoms with E-state index >= 15 is 0 Å². The van der Waals surface area contributed by atoms with Crippen molar-refractivity contribution >= 4 is 21.8 Å². The van der Waals surface area contributed by atoms with Gasteiger partial charge in [0.25, 0.3) is 5.91 Å². The highest BCUT2D eigenvalue weighted by Crippen LogP contribution is 2.18. The summed E-state index contributed by atoms with van der Waals surface area (Å²) in [5.41, 5.74) is 0.688. The summed E-state index contributed by atoms with van der Waals surface area (Å²) in [6.45, 7) is 4.23. The smallest absolute Gasteiger partial charge is 0.270 e. The van der Waals surface area contributed by atoms with Gasteiger partial charge >= 0.3 is 0 Å². The first-order chi connectivity index (χ1) is 10.1. The second-order valence-electron chi connectivity index (χ2n) is 5.28. The van der Waals surface area contributed by atoms with Crippen molar-refractivity contribution in [3.63, 3.8) is 0 Å². The molecule has 2 aromatic rings. The lowest BCUT2D eigenvalue weighted by Gasteiger charge is -2.17. The third kappa shape index (κ3) is 2.62. The molecule has 0 unspecified atom stereocenters. The summed E-state index contributed by atoms with van der Waals surface area (Å²) in [7, 11) is 1.81. The largest absolute Gasteiger partial charge is 0.343 e. The zero-order valence-electron chi connectivity index (χ0n) is 12.2. The van der Waals surface area contributed by atoms with Crippen molar-refractivity contribution in [2.45, 2.75) is 39.4 Å². The number of hydrogen-bond donors (Lipinski definition) is 0. The SMILES string of the molecule is CCn1cc(Br)cc1C(=O)N(C)Cc1nnc2n1CCC2. The van der Waals surface area contributed by atoms with Crippen LogP contribution in [0.3, 0.4) is 0 Å². The van der Waals surface area contributed by atoms with Gasteiger partial charge in [0.05, 0.1) is 6.54 Å². The van der Waals surface area contributed by atoms with Crippen LogP contribution in [0.15, 0.2) is 16.7 Å². The molecule has 21 heavy (non-hydrogen) atoms. The van der Waals surface area contributed by atoms with E-state index in [0.29, 0.717) is 12.2 Å². The van der Waals surface area contributed by atoms with Gasteiger partial charge in [-0.2, -0.15) is 0 Å². The average Bonchev–Trinajstić information content (AvgIpc) is 3.14. The average molecular weight is 352 g/mol. The number of carbonyl (C=O) groups is 1. The Labute approximate surface area is 131 Å². The van der Waals surface area contributed by atoms with Gasteiger partial charge in [0.2, 0.25) is 0 Å². The molecule has 1 aliphatic rings. The number of carbonyl (C=O) groups excluding carboxylic acids is 1. The highest BCUT2D eigenvalue weighted by molar-refractivity contribution is 9.10. The molecule has 1 amide bonds. The summed E-state index contributed by atoms with van der Waals surface area (Å²) in [6, 6.07) is 1.86. The van der Waals surface area contributed by atoms with E-state index in [0.717, 1.165) is 42.1 Å². The first-order valence-electron chi connectivity index (χ1n) is 7.12. The van der Waals surface area contributed by atoms with E-state index in [9.17, 15) is 4.79 Å². The van der Waals surface area contributed by atoms with E-state index in [1.54, 1.807) is 11.9 Å². The Hall–Kier alpha value is -1.63. The number of fused-ring (bicyclic) bond motifs is 1. The molecule has 112 valence electrons. The van der Waals surface area contributed by atoms with Crippen LogP contribution >= 0.6 is 15.9 Å². The topological polar surface area (TPSA) is 56.0 Å². The van der Waals surface area contributed by atoms with Crippen molar-refractivity contribution < 1.29 is 4.79 Å². The van der Waals surface area contributed by atoms with Crippen LogP contribution in [0.5, 0.6) is 0 Å². The maximum absolute atomic E-state index is 12.6. The molecule has 0 N–H and O–H groups in total. The summed E-state index contributed by atoms with van der Waals surface area (Å²) in [5, 5.41) is 8.39. The second kappa shape index (κ2) is 5.63. The fourth-order valence-electron chi connectivity index (χ4n) is 2.72. The Morgan fingerprint density at radius 2 is 2.29 bits per heavy atom. The van der Waals surface area contributed by atoms with Crippen molar-refractivity contribution in [2.24, 2.45) is 0 Å². The molecule has 0 fully saturated rings. The van der Waals surface area contributed by atoms with E-state index in [1.165, 1.54) is 0 Å². The van der Waals surface area contributed by atoms with Gasteiger partial charge < -0.3 is 14.0 Å². The van der Waals surface area contributed by atoms with Crippen LogP contribution in [0.1, 0.15) is 35.5 Å². The molecule has 0 aliphatic carbocycles. The van der Waals surface area contributed by atoms with Crippen LogP contribution < -0.4 is 0 Å². The van der Waals surface area contributed by atoms with Crippen LogP contribution in [0.2, 0.25) is 0 Å². The second-order valence-corrected chi connectivity index (χ2v) is 6.19. The maximum Gasteiger partial charge on any atom is 0.270 e. The molecule has 0 saturated carbocycles. The number of halogens is 1. The van der Waals surface area contributed by atoms with Gasteiger partial charge in [-0.3, -0.25) is 4.79 Å². The molecule has 0 spiro atoms. The lowest BCUT2D eigenvalue weighted by molar-refractivity contribution is 0.0769. The third-order valence-electron chi connectivity index (χ3n) is 3.83. The van der Waals surface area contributed by atoms with Crippen LogP contribution in [0.25, 0.3) is 0 Å². The molecule has 3 rings (SSSR count). The summed E-state index contributed by atoms with van der Waals surface area (Å²) in [6.07, 6.45) is 4.02. The number of rotatable bonds is 4. The molecule has 3 heterocycles. The number of aryl methyl sites for hydroxylation is 2. The predicted octanol–water partition coefficient (Wildman–Crippen LogP) is 2.08. The van der Waals surface area contributed by atoms with Crippen molar-refractivity contribution in [3.8, 4) is 0 Å². The van der Waals surface area contributed by atoms with Gasteiger partial charge in [-0.1, -0.05) is 0 Å². The number of aromatic nitrogens is 4. The van der Waals surface area contributed by atoms with Gasteiger partial charge in [-0.05, 0) is 35.3 Å². The highest BCUT2D eigenvalue weighted by Gasteiger charge is 2.22. The quantitative estimate of drug-likeness (QED) is 0.847. The van der Waals surface area contributed by atoms with Crippen molar-refractivity contribution in [1.82, 2.24) is 24.2 Å². The molecule has 0 radical (unpaired) electrons. The van der Waals surface area contributed by atoms with Crippen molar-refractivity contribution in [3.05, 3.63) is 34.1 Å². The fourth-order valence-corrected chi connectivity index (χ4v) is 3.19. The molecule has 0 aromatic carbocycles. The number of amides is 1. The van der Waals surface area contributed by atoms with Crippen molar-refractivity contribution in [1.29, 1.82) is 0 Å². The van der Waals surface area contributed by atoms with Crippen LogP contribution in [-0.4, -0.2) is 37.2 Å². The monoisotopic (exact) mass is 351 g/mol. The van der Waals surface area contributed by atoms with Crippen LogP contribution in [0, 0.1) is 0 Å². The summed E-state index contributed by atoms with van der Waals surface area (Å²) in [4.78, 5) is 14.3. The van der Waals surface area contributed by atoms with E-state index in [1.807, 2.05) is 23.8 Å². The van der Waals surface area contributed by atoms with Gasteiger partial charge in [-0.25, -0.2) is 0 Å². The molecule has 1 aliphatic heterocycles. The summed E-state index contributed by atoms with van der Waals surface area (Å²) < 4.78 is 4.99. The van der Waals surface area contributed by atoms with Crippen LogP contribution in [-0.2, 0) is 26.1 Å². The van der Waals surface area contributed by atoms with E-state index in [4.69, 9.17) is 0 Å². The van der Waals surface area contributed by atoms with E-state index in [2.05, 4.69) is 30.7 Å².